The Hall–Kier alpha value is -2.44. The van der Waals surface area contributed by atoms with E-state index in [1.165, 1.54) is 19.3 Å². The molecule has 1 saturated carbocycles. The Morgan fingerprint density at radius 1 is 1.00 bits per heavy atom. The number of para-hydroxylation sites is 1. The highest BCUT2D eigenvalue weighted by molar-refractivity contribution is 5.99. The van der Waals surface area contributed by atoms with Crippen LogP contribution in [0, 0.1) is 0 Å². The van der Waals surface area contributed by atoms with Gasteiger partial charge in [0.15, 0.2) is 0 Å². The Bertz CT molecular complexity index is 842. The number of aromatic nitrogens is 1. The molecule has 1 aliphatic carbocycles. The third-order valence-corrected chi connectivity index (χ3v) is 6.55. The number of hydrogen-bond donors (Lipinski definition) is 3. The minimum absolute atomic E-state index is 0.0693. The second-order valence-corrected chi connectivity index (χ2v) is 8.89. The fourth-order valence-electron chi connectivity index (χ4n) is 4.66. The predicted octanol–water partition coefficient (Wildman–Crippen LogP) is 4.03. The van der Waals surface area contributed by atoms with E-state index in [-0.39, 0.29) is 5.91 Å². The average molecular weight is 422 g/mol. The van der Waals surface area contributed by atoms with Crippen LogP contribution >= 0.6 is 0 Å². The summed E-state index contributed by atoms with van der Waals surface area (Å²) in [6.45, 7) is 3.84. The van der Waals surface area contributed by atoms with E-state index in [1.54, 1.807) is 0 Å². The zero-order chi connectivity index (χ0) is 21.5. The molecule has 2 aliphatic rings. The first-order valence-electron chi connectivity index (χ1n) is 11.8. The quantitative estimate of drug-likeness (QED) is 0.629. The standard InChI is InChI=1S/C25H35N5O/c26-20-11-9-19(10-12-20)23-14-13-22(24(29-23)28-21-7-3-1-4-8-21)25(31)27-15-18-30-16-5-2-6-17-30/h1,3-4,7-8,13-14,19-20H,2,5-6,9-12,15-18,26H2,(H,27,31)(H,28,29). The summed E-state index contributed by atoms with van der Waals surface area (Å²) in [5.41, 5.74) is 8.66. The van der Waals surface area contributed by atoms with E-state index in [4.69, 9.17) is 10.7 Å². The normalized spacial score (nSPS) is 22.1. The highest BCUT2D eigenvalue weighted by Crippen LogP contribution is 2.33. The van der Waals surface area contributed by atoms with Gasteiger partial charge in [0, 0.05) is 36.4 Å². The molecule has 1 aromatic heterocycles. The number of hydrogen-bond acceptors (Lipinski definition) is 5. The van der Waals surface area contributed by atoms with E-state index in [9.17, 15) is 4.79 Å². The number of benzene rings is 1. The predicted molar refractivity (Wildman–Crippen MR) is 126 cm³/mol. The minimum atomic E-state index is -0.0693. The van der Waals surface area contributed by atoms with Crippen molar-refractivity contribution in [3.8, 4) is 0 Å². The van der Waals surface area contributed by atoms with E-state index >= 15 is 0 Å². The highest BCUT2D eigenvalue weighted by Gasteiger charge is 2.23. The van der Waals surface area contributed by atoms with Crippen LogP contribution in [-0.2, 0) is 0 Å². The van der Waals surface area contributed by atoms with Crippen molar-refractivity contribution in [1.82, 2.24) is 15.2 Å². The molecule has 4 N–H and O–H groups in total. The summed E-state index contributed by atoms with van der Waals surface area (Å²) in [7, 11) is 0. The molecule has 1 saturated heterocycles. The van der Waals surface area contributed by atoms with Gasteiger partial charge in [-0.05, 0) is 75.9 Å². The van der Waals surface area contributed by atoms with E-state index in [0.29, 0.717) is 29.9 Å². The van der Waals surface area contributed by atoms with Crippen molar-refractivity contribution in [2.75, 3.05) is 31.5 Å². The van der Waals surface area contributed by atoms with Crippen LogP contribution < -0.4 is 16.4 Å². The molecule has 31 heavy (non-hydrogen) atoms. The van der Waals surface area contributed by atoms with Crippen LogP contribution in [0.15, 0.2) is 42.5 Å². The number of likely N-dealkylation sites (tertiary alicyclic amines) is 1. The van der Waals surface area contributed by atoms with Gasteiger partial charge >= 0.3 is 0 Å². The van der Waals surface area contributed by atoms with Crippen LogP contribution in [0.5, 0.6) is 0 Å². The molecular formula is C25H35N5O. The molecule has 6 heteroatoms. The number of carbonyl (C=O) groups excluding carboxylic acids is 1. The maximum atomic E-state index is 13.0. The Morgan fingerprint density at radius 3 is 2.48 bits per heavy atom. The van der Waals surface area contributed by atoms with Crippen LogP contribution in [0.4, 0.5) is 11.5 Å². The highest BCUT2D eigenvalue weighted by atomic mass is 16.1. The Morgan fingerprint density at radius 2 is 1.74 bits per heavy atom. The number of nitrogens with zero attached hydrogens (tertiary/aromatic N) is 2. The molecule has 0 bridgehead atoms. The number of amides is 1. The van der Waals surface area contributed by atoms with Gasteiger partial charge in [-0.1, -0.05) is 24.6 Å². The van der Waals surface area contributed by atoms with Crippen LogP contribution in [-0.4, -0.2) is 48.0 Å². The number of nitrogens with one attached hydrogen (secondary N) is 2. The maximum absolute atomic E-state index is 13.0. The van der Waals surface area contributed by atoms with Crippen molar-refractivity contribution < 1.29 is 4.79 Å². The topological polar surface area (TPSA) is 83.3 Å². The van der Waals surface area contributed by atoms with Gasteiger partial charge in [0.1, 0.15) is 5.82 Å². The summed E-state index contributed by atoms with van der Waals surface area (Å²) in [6.07, 6.45) is 8.02. The number of rotatable bonds is 7. The lowest BCUT2D eigenvalue weighted by Gasteiger charge is -2.27. The molecule has 2 aromatic rings. The Labute approximate surface area is 185 Å². The van der Waals surface area contributed by atoms with Crippen molar-refractivity contribution in [1.29, 1.82) is 0 Å². The van der Waals surface area contributed by atoms with Gasteiger partial charge in [0.25, 0.3) is 5.91 Å². The van der Waals surface area contributed by atoms with Gasteiger partial charge in [0.2, 0.25) is 0 Å². The zero-order valence-corrected chi connectivity index (χ0v) is 18.4. The first kappa shape index (κ1) is 21.8. The molecule has 0 radical (unpaired) electrons. The number of anilines is 2. The van der Waals surface area contributed by atoms with E-state index in [2.05, 4.69) is 15.5 Å². The molecular weight excluding hydrogens is 386 g/mol. The summed E-state index contributed by atoms with van der Waals surface area (Å²) in [4.78, 5) is 20.3. The lowest BCUT2D eigenvalue weighted by atomic mass is 9.84. The number of nitrogens with two attached hydrogens (primary N) is 1. The van der Waals surface area contributed by atoms with Crippen LogP contribution in [0.1, 0.15) is 66.9 Å². The van der Waals surface area contributed by atoms with Crippen molar-refractivity contribution in [2.24, 2.45) is 5.73 Å². The van der Waals surface area contributed by atoms with Gasteiger partial charge in [-0.2, -0.15) is 0 Å². The van der Waals surface area contributed by atoms with Gasteiger partial charge in [0.05, 0.1) is 5.56 Å². The van der Waals surface area contributed by atoms with E-state index in [1.807, 2.05) is 42.5 Å². The van der Waals surface area contributed by atoms with Crippen LogP contribution in [0.3, 0.4) is 0 Å². The van der Waals surface area contributed by atoms with E-state index in [0.717, 1.165) is 56.7 Å². The zero-order valence-electron chi connectivity index (χ0n) is 18.4. The number of piperidine rings is 1. The van der Waals surface area contributed by atoms with E-state index < -0.39 is 0 Å². The van der Waals surface area contributed by atoms with Crippen molar-refractivity contribution in [2.45, 2.75) is 56.9 Å². The van der Waals surface area contributed by atoms with Crippen molar-refractivity contribution >= 4 is 17.4 Å². The molecule has 2 heterocycles. The monoisotopic (exact) mass is 421 g/mol. The molecule has 6 nitrogen and oxygen atoms in total. The summed E-state index contributed by atoms with van der Waals surface area (Å²) in [5.74, 6) is 0.974. The average Bonchev–Trinajstić information content (AvgIpc) is 2.81. The minimum Gasteiger partial charge on any atom is -0.351 e. The number of pyridine rings is 1. The first-order valence-corrected chi connectivity index (χ1v) is 11.8. The molecule has 166 valence electrons. The molecule has 4 rings (SSSR count). The fourth-order valence-corrected chi connectivity index (χ4v) is 4.66. The van der Waals surface area contributed by atoms with Gasteiger partial charge < -0.3 is 21.3 Å². The van der Waals surface area contributed by atoms with Crippen molar-refractivity contribution in [3.05, 3.63) is 53.7 Å². The maximum Gasteiger partial charge on any atom is 0.255 e. The van der Waals surface area contributed by atoms with Crippen molar-refractivity contribution in [3.63, 3.8) is 0 Å². The largest absolute Gasteiger partial charge is 0.351 e. The molecule has 0 spiro atoms. The summed E-state index contributed by atoms with van der Waals surface area (Å²) in [6, 6.07) is 14.2. The SMILES string of the molecule is NC1CCC(c2ccc(C(=O)NCCN3CCCCC3)c(Nc3ccccc3)n2)CC1. The Kier molecular flexibility index (Phi) is 7.54. The lowest BCUT2D eigenvalue weighted by molar-refractivity contribution is 0.0947. The number of carbonyl (C=O) groups is 1. The van der Waals surface area contributed by atoms with Gasteiger partial charge in [-0.25, -0.2) is 4.98 Å². The van der Waals surface area contributed by atoms with Gasteiger partial charge in [-0.15, -0.1) is 0 Å². The Balaban J connectivity index is 1.47. The van der Waals surface area contributed by atoms with Crippen LogP contribution in [0.2, 0.25) is 0 Å². The van der Waals surface area contributed by atoms with Crippen LogP contribution in [0.25, 0.3) is 0 Å². The smallest absolute Gasteiger partial charge is 0.255 e. The third kappa shape index (κ3) is 6.05. The fraction of sp³-hybridized carbons (Fsp3) is 0.520. The second kappa shape index (κ2) is 10.7. The lowest BCUT2D eigenvalue weighted by Crippen LogP contribution is -2.37. The molecule has 0 atom stereocenters. The summed E-state index contributed by atoms with van der Waals surface area (Å²) < 4.78 is 0. The molecule has 1 amide bonds. The summed E-state index contributed by atoms with van der Waals surface area (Å²) >= 11 is 0. The first-order chi connectivity index (χ1) is 15.2. The molecule has 1 aromatic carbocycles. The molecule has 2 fully saturated rings. The van der Waals surface area contributed by atoms with Gasteiger partial charge in [-0.3, -0.25) is 4.79 Å². The summed E-state index contributed by atoms with van der Waals surface area (Å²) in [5, 5.41) is 6.47. The molecule has 0 unspecified atom stereocenters. The third-order valence-electron chi connectivity index (χ3n) is 6.55. The molecule has 1 aliphatic heterocycles. The second-order valence-electron chi connectivity index (χ2n) is 8.89.